The molecule has 0 heterocycles. The van der Waals surface area contributed by atoms with Gasteiger partial charge in [0.15, 0.2) is 0 Å². The predicted molar refractivity (Wildman–Crippen MR) is 66.1 cm³/mol. The Hall–Kier alpha value is -0.250. The maximum atomic E-state index is 6.03. The van der Waals surface area contributed by atoms with Crippen LogP contribution in [-0.4, -0.2) is 20.3 Å². The van der Waals surface area contributed by atoms with Crippen LogP contribution >= 0.6 is 27.5 Å². The molecule has 1 aromatic carbocycles. The SMILES string of the molecule is COCCCOc1cccc(Cl)c1CBr. The molecule has 0 aliphatic heterocycles. The first-order valence-corrected chi connectivity index (χ1v) is 6.24. The molecule has 0 saturated carbocycles. The van der Waals surface area contributed by atoms with E-state index in [2.05, 4.69) is 15.9 Å². The summed E-state index contributed by atoms with van der Waals surface area (Å²) in [6.07, 6.45) is 0.880. The lowest BCUT2D eigenvalue weighted by molar-refractivity contribution is 0.172. The van der Waals surface area contributed by atoms with Gasteiger partial charge >= 0.3 is 0 Å². The number of alkyl halides is 1. The average molecular weight is 294 g/mol. The van der Waals surface area contributed by atoms with Crippen molar-refractivity contribution < 1.29 is 9.47 Å². The molecular formula is C11H14BrClO2. The van der Waals surface area contributed by atoms with Crippen LogP contribution in [0.25, 0.3) is 0 Å². The molecule has 0 unspecified atom stereocenters. The van der Waals surface area contributed by atoms with Gasteiger partial charge in [0.2, 0.25) is 0 Å². The number of halogens is 2. The van der Waals surface area contributed by atoms with Gasteiger partial charge in [0.25, 0.3) is 0 Å². The minimum Gasteiger partial charge on any atom is -0.493 e. The highest BCUT2D eigenvalue weighted by Crippen LogP contribution is 2.28. The molecule has 1 rings (SSSR count). The Morgan fingerprint density at radius 1 is 1.33 bits per heavy atom. The number of ether oxygens (including phenoxy) is 2. The van der Waals surface area contributed by atoms with Gasteiger partial charge in [-0.1, -0.05) is 33.6 Å². The standard InChI is InChI=1S/C11H14BrClO2/c1-14-6-3-7-15-11-5-2-4-10(13)9(11)8-12/h2,4-5H,3,6-8H2,1H3. The molecule has 0 atom stereocenters. The lowest BCUT2D eigenvalue weighted by atomic mass is 10.2. The van der Waals surface area contributed by atoms with E-state index in [4.69, 9.17) is 21.1 Å². The van der Waals surface area contributed by atoms with Gasteiger partial charge in [-0.3, -0.25) is 0 Å². The molecule has 0 N–H and O–H groups in total. The Morgan fingerprint density at radius 3 is 2.80 bits per heavy atom. The summed E-state index contributed by atoms with van der Waals surface area (Å²) in [6, 6.07) is 5.68. The number of hydrogen-bond donors (Lipinski definition) is 0. The van der Waals surface area contributed by atoms with E-state index in [0.717, 1.165) is 22.8 Å². The zero-order valence-corrected chi connectivity index (χ0v) is 11.0. The summed E-state index contributed by atoms with van der Waals surface area (Å²) in [5.41, 5.74) is 0.997. The van der Waals surface area contributed by atoms with Crippen molar-refractivity contribution in [3.63, 3.8) is 0 Å². The van der Waals surface area contributed by atoms with Crippen LogP contribution in [0.5, 0.6) is 5.75 Å². The molecule has 0 aliphatic carbocycles. The Kier molecular flexibility index (Phi) is 6.06. The second-order valence-electron chi connectivity index (χ2n) is 3.04. The van der Waals surface area contributed by atoms with Crippen LogP contribution in [0, 0.1) is 0 Å². The molecule has 0 aliphatic rings. The highest BCUT2D eigenvalue weighted by molar-refractivity contribution is 9.08. The van der Waals surface area contributed by atoms with Crippen LogP contribution in [-0.2, 0) is 10.1 Å². The van der Waals surface area contributed by atoms with E-state index in [1.807, 2.05) is 18.2 Å². The molecule has 2 nitrogen and oxygen atoms in total. The number of hydrogen-bond acceptors (Lipinski definition) is 2. The van der Waals surface area contributed by atoms with E-state index in [1.54, 1.807) is 7.11 Å². The van der Waals surface area contributed by atoms with E-state index >= 15 is 0 Å². The van der Waals surface area contributed by atoms with E-state index in [0.29, 0.717) is 18.5 Å². The fraction of sp³-hybridized carbons (Fsp3) is 0.455. The van der Waals surface area contributed by atoms with E-state index in [9.17, 15) is 0 Å². The molecule has 0 radical (unpaired) electrons. The molecule has 0 fully saturated rings. The van der Waals surface area contributed by atoms with E-state index in [-0.39, 0.29) is 0 Å². The Labute approximate surface area is 104 Å². The molecule has 1 aromatic rings. The van der Waals surface area contributed by atoms with Gasteiger partial charge in [-0.25, -0.2) is 0 Å². The molecule has 0 aromatic heterocycles. The monoisotopic (exact) mass is 292 g/mol. The van der Waals surface area contributed by atoms with Crippen molar-refractivity contribution in [3.05, 3.63) is 28.8 Å². The summed E-state index contributed by atoms with van der Waals surface area (Å²) in [6.45, 7) is 1.36. The van der Waals surface area contributed by atoms with Gasteiger partial charge in [0, 0.05) is 36.1 Å². The molecular weight excluding hydrogens is 279 g/mol. The quantitative estimate of drug-likeness (QED) is 0.589. The maximum absolute atomic E-state index is 6.03. The zero-order chi connectivity index (χ0) is 11.1. The Balaban J connectivity index is 2.56. The summed E-state index contributed by atoms with van der Waals surface area (Å²) in [5, 5.41) is 1.43. The van der Waals surface area contributed by atoms with Gasteiger partial charge in [0.05, 0.1) is 6.61 Å². The maximum Gasteiger partial charge on any atom is 0.124 e. The zero-order valence-electron chi connectivity index (χ0n) is 8.63. The van der Waals surface area contributed by atoms with Gasteiger partial charge in [-0.05, 0) is 12.1 Å². The Bertz CT molecular complexity index is 305. The van der Waals surface area contributed by atoms with Gasteiger partial charge in [0.1, 0.15) is 5.75 Å². The van der Waals surface area contributed by atoms with Gasteiger partial charge < -0.3 is 9.47 Å². The largest absolute Gasteiger partial charge is 0.493 e. The van der Waals surface area contributed by atoms with Crippen LogP contribution in [0.3, 0.4) is 0 Å². The van der Waals surface area contributed by atoms with Crippen molar-refractivity contribution in [3.8, 4) is 5.75 Å². The average Bonchev–Trinajstić information content (AvgIpc) is 2.24. The molecule has 0 spiro atoms. The highest BCUT2D eigenvalue weighted by Gasteiger charge is 2.06. The van der Waals surface area contributed by atoms with Crippen molar-refractivity contribution in [1.82, 2.24) is 0 Å². The number of benzene rings is 1. The van der Waals surface area contributed by atoms with Crippen LogP contribution in [0.1, 0.15) is 12.0 Å². The normalized spacial score (nSPS) is 10.3. The second-order valence-corrected chi connectivity index (χ2v) is 4.01. The van der Waals surface area contributed by atoms with Crippen molar-refractivity contribution in [1.29, 1.82) is 0 Å². The Morgan fingerprint density at radius 2 is 2.13 bits per heavy atom. The van der Waals surface area contributed by atoms with Gasteiger partial charge in [-0.15, -0.1) is 0 Å². The lowest BCUT2D eigenvalue weighted by Gasteiger charge is -2.10. The summed E-state index contributed by atoms with van der Waals surface area (Å²) in [7, 11) is 1.68. The van der Waals surface area contributed by atoms with Gasteiger partial charge in [-0.2, -0.15) is 0 Å². The van der Waals surface area contributed by atoms with Crippen LogP contribution in [0.4, 0.5) is 0 Å². The fourth-order valence-electron chi connectivity index (χ4n) is 1.19. The third kappa shape index (κ3) is 4.01. The van der Waals surface area contributed by atoms with E-state index < -0.39 is 0 Å². The van der Waals surface area contributed by atoms with Crippen molar-refractivity contribution >= 4 is 27.5 Å². The molecule has 0 bridgehead atoms. The molecule has 15 heavy (non-hydrogen) atoms. The van der Waals surface area contributed by atoms with Crippen molar-refractivity contribution in [2.75, 3.05) is 20.3 Å². The first-order valence-electron chi connectivity index (χ1n) is 4.74. The summed E-state index contributed by atoms with van der Waals surface area (Å²) in [5.74, 6) is 0.843. The minimum atomic E-state index is 0.647. The minimum absolute atomic E-state index is 0.647. The number of rotatable bonds is 6. The first kappa shape index (κ1) is 12.8. The predicted octanol–water partition coefficient (Wildman–Crippen LogP) is 3.65. The highest BCUT2D eigenvalue weighted by atomic mass is 79.9. The van der Waals surface area contributed by atoms with Crippen molar-refractivity contribution in [2.45, 2.75) is 11.8 Å². The fourth-order valence-corrected chi connectivity index (χ4v) is 2.16. The molecule has 0 amide bonds. The number of methoxy groups -OCH3 is 1. The van der Waals surface area contributed by atoms with Crippen LogP contribution in [0.2, 0.25) is 5.02 Å². The topological polar surface area (TPSA) is 18.5 Å². The smallest absolute Gasteiger partial charge is 0.124 e. The first-order chi connectivity index (χ1) is 7.29. The van der Waals surface area contributed by atoms with Crippen LogP contribution < -0.4 is 4.74 Å². The third-order valence-corrected chi connectivity index (χ3v) is 2.87. The molecule has 84 valence electrons. The second kappa shape index (κ2) is 7.09. The van der Waals surface area contributed by atoms with Crippen molar-refractivity contribution in [2.24, 2.45) is 0 Å². The summed E-state index contributed by atoms with van der Waals surface area (Å²) in [4.78, 5) is 0. The third-order valence-electron chi connectivity index (χ3n) is 1.96. The summed E-state index contributed by atoms with van der Waals surface area (Å²) < 4.78 is 10.6. The summed E-state index contributed by atoms with van der Waals surface area (Å²) >= 11 is 9.43. The lowest BCUT2D eigenvalue weighted by Crippen LogP contribution is -2.03. The van der Waals surface area contributed by atoms with E-state index in [1.165, 1.54) is 0 Å². The molecule has 0 saturated heterocycles. The van der Waals surface area contributed by atoms with Crippen LogP contribution in [0.15, 0.2) is 18.2 Å². The molecule has 4 heteroatoms.